The third-order valence-electron chi connectivity index (χ3n) is 4.53. The molecule has 0 aromatic rings. The molecule has 0 aromatic heterocycles. The molecule has 0 aromatic carbocycles. The minimum atomic E-state index is -0.838. The van der Waals surface area contributed by atoms with E-state index in [1.807, 2.05) is 13.8 Å². The second-order valence-corrected chi connectivity index (χ2v) is 5.65. The molecule has 1 saturated heterocycles. The molecule has 2 rings (SSSR count). The lowest BCUT2D eigenvalue weighted by molar-refractivity contribution is -0.142. The fourth-order valence-electron chi connectivity index (χ4n) is 3.66. The lowest BCUT2D eigenvalue weighted by atomic mass is 9.94. The van der Waals surface area contributed by atoms with Crippen LogP contribution in [0, 0.1) is 11.8 Å². The molecule has 0 spiro atoms. The van der Waals surface area contributed by atoms with Gasteiger partial charge < -0.3 is 14.9 Å². The summed E-state index contributed by atoms with van der Waals surface area (Å²) in [4.78, 5) is 27.4. The zero-order chi connectivity index (χ0) is 14.0. The van der Waals surface area contributed by atoms with Gasteiger partial charge in [0.25, 0.3) is 0 Å². The van der Waals surface area contributed by atoms with Crippen molar-refractivity contribution in [1.29, 1.82) is 0 Å². The number of aliphatic carboxylic acids is 1. The van der Waals surface area contributed by atoms with E-state index in [1.54, 1.807) is 9.80 Å². The molecule has 1 aliphatic heterocycles. The fraction of sp³-hybridized carbons (Fsp3) is 0.857. The summed E-state index contributed by atoms with van der Waals surface area (Å²) >= 11 is 0. The number of carbonyl (C=O) groups is 2. The second kappa shape index (κ2) is 5.80. The van der Waals surface area contributed by atoms with Crippen LogP contribution in [-0.4, -0.2) is 52.6 Å². The zero-order valence-electron chi connectivity index (χ0n) is 11.8. The number of hydrogen-bond acceptors (Lipinski definition) is 2. The highest BCUT2D eigenvalue weighted by molar-refractivity contribution is 5.84. The van der Waals surface area contributed by atoms with Gasteiger partial charge in [-0.2, -0.15) is 0 Å². The molecule has 5 heteroatoms. The standard InChI is InChI=1S/C14H24N2O3/c1-3-8-15(4-2)14(19)16-9-10-6-5-7-11(10)12(16)13(17)18/h10-12H,3-9H2,1-2H3,(H,17,18). The zero-order valence-corrected chi connectivity index (χ0v) is 11.8. The number of urea groups is 1. The average molecular weight is 268 g/mol. The Morgan fingerprint density at radius 1 is 1.32 bits per heavy atom. The highest BCUT2D eigenvalue weighted by Crippen LogP contribution is 2.42. The van der Waals surface area contributed by atoms with E-state index >= 15 is 0 Å². The fourth-order valence-corrected chi connectivity index (χ4v) is 3.66. The number of carboxylic acid groups (broad SMARTS) is 1. The maximum Gasteiger partial charge on any atom is 0.326 e. The molecule has 2 amide bonds. The Hall–Kier alpha value is -1.26. The maximum absolute atomic E-state index is 12.5. The number of amides is 2. The van der Waals surface area contributed by atoms with Gasteiger partial charge in [-0.25, -0.2) is 9.59 Å². The maximum atomic E-state index is 12.5. The predicted octanol–water partition coefficient (Wildman–Crippen LogP) is 2.02. The van der Waals surface area contributed by atoms with E-state index in [2.05, 4.69) is 0 Å². The molecule has 0 bridgehead atoms. The van der Waals surface area contributed by atoms with Gasteiger partial charge in [-0.05, 0) is 38.0 Å². The Kier molecular flexibility index (Phi) is 4.32. The van der Waals surface area contributed by atoms with Crippen molar-refractivity contribution in [3.05, 3.63) is 0 Å². The second-order valence-electron chi connectivity index (χ2n) is 5.65. The Labute approximate surface area is 114 Å². The molecule has 19 heavy (non-hydrogen) atoms. The van der Waals surface area contributed by atoms with Crippen molar-refractivity contribution in [2.45, 2.75) is 45.6 Å². The van der Waals surface area contributed by atoms with E-state index in [-0.39, 0.29) is 11.9 Å². The predicted molar refractivity (Wildman–Crippen MR) is 71.9 cm³/mol. The van der Waals surface area contributed by atoms with E-state index in [1.165, 1.54) is 0 Å². The molecule has 2 aliphatic rings. The molecular formula is C14H24N2O3. The number of nitrogens with zero attached hydrogens (tertiary/aromatic N) is 2. The highest BCUT2D eigenvalue weighted by Gasteiger charge is 2.50. The molecule has 3 unspecified atom stereocenters. The molecular weight excluding hydrogens is 244 g/mol. The quantitative estimate of drug-likeness (QED) is 0.848. The normalized spacial score (nSPS) is 29.4. The lowest BCUT2D eigenvalue weighted by Crippen LogP contribution is -2.49. The van der Waals surface area contributed by atoms with Crippen LogP contribution in [0.3, 0.4) is 0 Å². The van der Waals surface area contributed by atoms with Crippen molar-refractivity contribution in [1.82, 2.24) is 9.80 Å². The van der Waals surface area contributed by atoms with Gasteiger partial charge in [0, 0.05) is 19.6 Å². The van der Waals surface area contributed by atoms with Gasteiger partial charge in [0.2, 0.25) is 0 Å². The van der Waals surface area contributed by atoms with Gasteiger partial charge in [0.15, 0.2) is 0 Å². The molecule has 2 fully saturated rings. The van der Waals surface area contributed by atoms with Crippen molar-refractivity contribution in [2.75, 3.05) is 19.6 Å². The molecule has 5 nitrogen and oxygen atoms in total. The number of carbonyl (C=O) groups excluding carboxylic acids is 1. The van der Waals surface area contributed by atoms with Crippen LogP contribution in [-0.2, 0) is 4.79 Å². The Morgan fingerprint density at radius 3 is 2.63 bits per heavy atom. The van der Waals surface area contributed by atoms with Crippen molar-refractivity contribution >= 4 is 12.0 Å². The topological polar surface area (TPSA) is 60.9 Å². The molecule has 1 N–H and O–H groups in total. The molecule has 3 atom stereocenters. The average Bonchev–Trinajstić information content (AvgIpc) is 2.94. The summed E-state index contributed by atoms with van der Waals surface area (Å²) in [6.07, 6.45) is 4.02. The number of likely N-dealkylation sites (tertiary alicyclic amines) is 1. The van der Waals surface area contributed by atoms with Gasteiger partial charge in [0.1, 0.15) is 6.04 Å². The highest BCUT2D eigenvalue weighted by atomic mass is 16.4. The molecule has 0 radical (unpaired) electrons. The third-order valence-corrected chi connectivity index (χ3v) is 4.53. The Bertz CT molecular complexity index is 359. The molecule has 1 saturated carbocycles. The van der Waals surface area contributed by atoms with Gasteiger partial charge in [-0.1, -0.05) is 13.3 Å². The van der Waals surface area contributed by atoms with Crippen LogP contribution in [0.2, 0.25) is 0 Å². The number of fused-ring (bicyclic) bond motifs is 1. The SMILES string of the molecule is CCCN(CC)C(=O)N1CC2CCCC2C1C(=O)O. The van der Waals surface area contributed by atoms with Gasteiger partial charge in [-0.15, -0.1) is 0 Å². The van der Waals surface area contributed by atoms with Crippen LogP contribution in [0.5, 0.6) is 0 Å². The smallest absolute Gasteiger partial charge is 0.326 e. The monoisotopic (exact) mass is 268 g/mol. The summed E-state index contributed by atoms with van der Waals surface area (Å²) in [5.74, 6) is -0.275. The first kappa shape index (κ1) is 14.2. The summed E-state index contributed by atoms with van der Waals surface area (Å²) in [6.45, 7) is 5.95. The first-order valence-electron chi connectivity index (χ1n) is 7.38. The van der Waals surface area contributed by atoms with Crippen molar-refractivity contribution < 1.29 is 14.7 Å². The minimum absolute atomic E-state index is 0.0915. The van der Waals surface area contributed by atoms with Gasteiger partial charge >= 0.3 is 12.0 Å². The molecule has 1 heterocycles. The minimum Gasteiger partial charge on any atom is -0.480 e. The van der Waals surface area contributed by atoms with Crippen LogP contribution in [0.15, 0.2) is 0 Å². The summed E-state index contributed by atoms with van der Waals surface area (Å²) in [6, 6.07) is -0.697. The van der Waals surface area contributed by atoms with Crippen LogP contribution in [0.25, 0.3) is 0 Å². The van der Waals surface area contributed by atoms with Crippen LogP contribution < -0.4 is 0 Å². The third kappa shape index (κ3) is 2.55. The van der Waals surface area contributed by atoms with Crippen molar-refractivity contribution in [2.24, 2.45) is 11.8 Å². The van der Waals surface area contributed by atoms with Crippen LogP contribution in [0.1, 0.15) is 39.5 Å². The number of rotatable bonds is 4. The summed E-state index contributed by atoms with van der Waals surface area (Å²) in [5.41, 5.74) is 0. The van der Waals surface area contributed by atoms with Gasteiger partial charge in [-0.3, -0.25) is 0 Å². The molecule has 108 valence electrons. The first-order chi connectivity index (χ1) is 9.10. The summed E-state index contributed by atoms with van der Waals surface area (Å²) in [5, 5.41) is 9.45. The van der Waals surface area contributed by atoms with Crippen molar-refractivity contribution in [3.63, 3.8) is 0 Å². The number of carboxylic acids is 1. The Balaban J connectivity index is 2.14. The van der Waals surface area contributed by atoms with E-state index in [9.17, 15) is 14.7 Å². The number of hydrogen-bond donors (Lipinski definition) is 1. The van der Waals surface area contributed by atoms with E-state index in [0.29, 0.717) is 25.6 Å². The first-order valence-corrected chi connectivity index (χ1v) is 7.38. The lowest BCUT2D eigenvalue weighted by Gasteiger charge is -2.30. The van der Waals surface area contributed by atoms with Crippen LogP contribution >= 0.6 is 0 Å². The molecule has 1 aliphatic carbocycles. The largest absolute Gasteiger partial charge is 0.480 e. The van der Waals surface area contributed by atoms with E-state index in [0.717, 1.165) is 25.7 Å². The summed E-state index contributed by atoms with van der Waals surface area (Å²) in [7, 11) is 0. The van der Waals surface area contributed by atoms with Crippen LogP contribution in [0.4, 0.5) is 4.79 Å². The van der Waals surface area contributed by atoms with E-state index in [4.69, 9.17) is 0 Å². The summed E-state index contributed by atoms with van der Waals surface area (Å²) < 4.78 is 0. The van der Waals surface area contributed by atoms with E-state index < -0.39 is 12.0 Å². The Morgan fingerprint density at radius 2 is 2.05 bits per heavy atom. The van der Waals surface area contributed by atoms with Gasteiger partial charge in [0.05, 0.1) is 0 Å². The van der Waals surface area contributed by atoms with Crippen molar-refractivity contribution in [3.8, 4) is 0 Å².